The molecule has 0 saturated heterocycles. The predicted octanol–water partition coefficient (Wildman–Crippen LogP) is 2.73. The first-order valence-corrected chi connectivity index (χ1v) is 8.23. The summed E-state index contributed by atoms with van der Waals surface area (Å²) in [5.74, 6) is 0.751. The fourth-order valence-corrected chi connectivity index (χ4v) is 2.54. The summed E-state index contributed by atoms with van der Waals surface area (Å²) in [6.45, 7) is 2.17. The maximum Gasteiger partial charge on any atom is 0.260 e. The molecule has 0 spiro atoms. The summed E-state index contributed by atoms with van der Waals surface area (Å²) in [7, 11) is 1.84. The van der Waals surface area contributed by atoms with Crippen LogP contribution in [0, 0.1) is 0 Å². The number of ether oxygens (including phenoxy) is 1. The number of likely N-dealkylation sites (N-methyl/N-ethyl adjacent to an activating group) is 1. The third-order valence-corrected chi connectivity index (χ3v) is 4.65. The van der Waals surface area contributed by atoms with Crippen LogP contribution < -0.4 is 10.5 Å². The molecule has 0 aromatic heterocycles. The molecular formula is C16H23BrN2O2. The van der Waals surface area contributed by atoms with E-state index in [0.717, 1.165) is 35.7 Å². The zero-order chi connectivity index (χ0) is 15.4. The molecule has 2 N–H and O–H groups in total. The molecule has 0 aliphatic heterocycles. The molecule has 1 atom stereocenters. The summed E-state index contributed by atoms with van der Waals surface area (Å²) in [4.78, 5) is 13.7. The van der Waals surface area contributed by atoms with E-state index < -0.39 is 0 Å². The number of halogens is 1. The molecule has 5 heteroatoms. The van der Waals surface area contributed by atoms with Gasteiger partial charge in [-0.2, -0.15) is 0 Å². The van der Waals surface area contributed by atoms with Gasteiger partial charge in [0.2, 0.25) is 0 Å². The summed E-state index contributed by atoms with van der Waals surface area (Å²) >= 11 is 3.53. The summed E-state index contributed by atoms with van der Waals surface area (Å²) in [6, 6.07) is 6.34. The Hall–Kier alpha value is -1.07. The average Bonchev–Trinajstić information content (AvgIpc) is 3.31. The molecular weight excluding hydrogens is 332 g/mol. The van der Waals surface area contributed by atoms with E-state index in [2.05, 4.69) is 22.9 Å². The van der Waals surface area contributed by atoms with Crippen molar-refractivity contribution < 1.29 is 9.53 Å². The van der Waals surface area contributed by atoms with Crippen LogP contribution in [0.2, 0.25) is 0 Å². The summed E-state index contributed by atoms with van der Waals surface area (Å²) in [6.07, 6.45) is 3.95. The third-order valence-electron chi connectivity index (χ3n) is 3.87. The topological polar surface area (TPSA) is 55.6 Å². The fourth-order valence-electron chi connectivity index (χ4n) is 2.14. The lowest BCUT2D eigenvalue weighted by molar-refractivity contribution is -0.132. The zero-order valence-electron chi connectivity index (χ0n) is 12.6. The highest BCUT2D eigenvalue weighted by Crippen LogP contribution is 2.26. The molecule has 1 fully saturated rings. The lowest BCUT2D eigenvalue weighted by Crippen LogP contribution is -2.33. The molecule has 1 aliphatic rings. The number of carbonyl (C=O) groups is 1. The SMILES string of the molecule is CCC(N)Cc1cc(OCC(=O)N(C)C2CC2)ccc1Br. The van der Waals surface area contributed by atoms with Crippen molar-refractivity contribution >= 4 is 21.8 Å². The molecule has 1 aliphatic carbocycles. The molecule has 1 aromatic rings. The van der Waals surface area contributed by atoms with Gasteiger partial charge in [-0.3, -0.25) is 4.79 Å². The molecule has 116 valence electrons. The summed E-state index contributed by atoms with van der Waals surface area (Å²) in [5.41, 5.74) is 7.12. The number of carbonyl (C=O) groups excluding carboxylic acids is 1. The first kappa shape index (κ1) is 16.3. The Kier molecular flexibility index (Phi) is 5.65. The maximum atomic E-state index is 11.9. The van der Waals surface area contributed by atoms with Crippen molar-refractivity contribution in [3.8, 4) is 5.75 Å². The molecule has 0 heterocycles. The van der Waals surface area contributed by atoms with Crippen molar-refractivity contribution in [2.75, 3.05) is 13.7 Å². The van der Waals surface area contributed by atoms with Crippen molar-refractivity contribution in [1.82, 2.24) is 4.90 Å². The smallest absolute Gasteiger partial charge is 0.260 e. The summed E-state index contributed by atoms with van der Waals surface area (Å²) < 4.78 is 6.65. The number of amides is 1. The number of rotatable bonds is 7. The number of hydrogen-bond donors (Lipinski definition) is 1. The Labute approximate surface area is 134 Å². The van der Waals surface area contributed by atoms with Gasteiger partial charge in [-0.05, 0) is 49.4 Å². The van der Waals surface area contributed by atoms with Crippen molar-refractivity contribution in [2.45, 2.75) is 44.7 Å². The van der Waals surface area contributed by atoms with E-state index in [1.807, 2.05) is 25.2 Å². The molecule has 2 rings (SSSR count). The van der Waals surface area contributed by atoms with Crippen LogP contribution in [0.5, 0.6) is 5.75 Å². The van der Waals surface area contributed by atoms with E-state index in [-0.39, 0.29) is 18.6 Å². The highest BCUT2D eigenvalue weighted by molar-refractivity contribution is 9.10. The molecule has 1 aromatic carbocycles. The van der Waals surface area contributed by atoms with E-state index in [1.165, 1.54) is 0 Å². The Balaban J connectivity index is 1.93. The van der Waals surface area contributed by atoms with E-state index in [1.54, 1.807) is 4.90 Å². The highest BCUT2D eigenvalue weighted by Gasteiger charge is 2.29. The van der Waals surface area contributed by atoms with Crippen LogP contribution in [0.4, 0.5) is 0 Å². The number of hydrogen-bond acceptors (Lipinski definition) is 3. The molecule has 1 amide bonds. The Bertz CT molecular complexity index is 503. The monoisotopic (exact) mass is 354 g/mol. The van der Waals surface area contributed by atoms with Crippen molar-refractivity contribution in [3.63, 3.8) is 0 Å². The van der Waals surface area contributed by atoms with E-state index in [4.69, 9.17) is 10.5 Å². The van der Waals surface area contributed by atoms with Gasteiger partial charge in [0, 0.05) is 23.6 Å². The number of benzene rings is 1. The molecule has 21 heavy (non-hydrogen) atoms. The van der Waals surface area contributed by atoms with Gasteiger partial charge < -0.3 is 15.4 Å². The molecule has 0 radical (unpaired) electrons. The molecule has 1 unspecified atom stereocenters. The highest BCUT2D eigenvalue weighted by atomic mass is 79.9. The van der Waals surface area contributed by atoms with Crippen LogP contribution in [0.15, 0.2) is 22.7 Å². The second-order valence-corrected chi connectivity index (χ2v) is 6.50. The van der Waals surface area contributed by atoms with Crippen molar-refractivity contribution in [1.29, 1.82) is 0 Å². The second kappa shape index (κ2) is 7.27. The van der Waals surface area contributed by atoms with Crippen LogP contribution in [0.25, 0.3) is 0 Å². The van der Waals surface area contributed by atoms with Gasteiger partial charge in [-0.25, -0.2) is 0 Å². The normalized spacial score (nSPS) is 15.6. The van der Waals surface area contributed by atoms with Gasteiger partial charge in [0.15, 0.2) is 6.61 Å². The van der Waals surface area contributed by atoms with Gasteiger partial charge in [-0.15, -0.1) is 0 Å². The minimum Gasteiger partial charge on any atom is -0.484 e. The minimum absolute atomic E-state index is 0.0345. The first-order valence-electron chi connectivity index (χ1n) is 7.43. The fraction of sp³-hybridized carbons (Fsp3) is 0.562. The largest absolute Gasteiger partial charge is 0.484 e. The lowest BCUT2D eigenvalue weighted by atomic mass is 10.0. The molecule has 1 saturated carbocycles. The Morgan fingerprint density at radius 1 is 1.52 bits per heavy atom. The van der Waals surface area contributed by atoms with E-state index >= 15 is 0 Å². The van der Waals surface area contributed by atoms with Gasteiger partial charge in [0.05, 0.1) is 0 Å². The van der Waals surface area contributed by atoms with Gasteiger partial charge in [0.1, 0.15) is 5.75 Å². The van der Waals surface area contributed by atoms with Crippen LogP contribution in [0.3, 0.4) is 0 Å². The molecule has 4 nitrogen and oxygen atoms in total. The quantitative estimate of drug-likeness (QED) is 0.818. The maximum absolute atomic E-state index is 11.9. The number of nitrogens with zero attached hydrogens (tertiary/aromatic N) is 1. The Morgan fingerprint density at radius 3 is 2.86 bits per heavy atom. The van der Waals surface area contributed by atoms with Crippen molar-refractivity contribution in [2.24, 2.45) is 5.73 Å². The average molecular weight is 355 g/mol. The minimum atomic E-state index is 0.0345. The van der Waals surface area contributed by atoms with Gasteiger partial charge in [0.25, 0.3) is 5.91 Å². The van der Waals surface area contributed by atoms with Crippen LogP contribution in [-0.4, -0.2) is 36.5 Å². The van der Waals surface area contributed by atoms with E-state index in [0.29, 0.717) is 11.8 Å². The standard InChI is InChI=1S/C16H23BrN2O2/c1-3-12(18)8-11-9-14(6-7-15(11)17)21-10-16(20)19(2)13-4-5-13/h6-7,9,12-13H,3-5,8,10,18H2,1-2H3. The lowest BCUT2D eigenvalue weighted by Gasteiger charge is -2.17. The van der Waals surface area contributed by atoms with Gasteiger partial charge >= 0.3 is 0 Å². The van der Waals surface area contributed by atoms with Crippen LogP contribution in [-0.2, 0) is 11.2 Å². The van der Waals surface area contributed by atoms with Gasteiger partial charge in [-0.1, -0.05) is 22.9 Å². The second-order valence-electron chi connectivity index (χ2n) is 5.65. The first-order chi connectivity index (χ1) is 10.0. The van der Waals surface area contributed by atoms with E-state index in [9.17, 15) is 4.79 Å². The molecule has 0 bridgehead atoms. The van der Waals surface area contributed by atoms with Crippen molar-refractivity contribution in [3.05, 3.63) is 28.2 Å². The number of nitrogens with two attached hydrogens (primary N) is 1. The third kappa shape index (κ3) is 4.71. The van der Waals surface area contributed by atoms with Crippen LogP contribution >= 0.6 is 15.9 Å². The summed E-state index contributed by atoms with van der Waals surface area (Å²) in [5, 5.41) is 0. The predicted molar refractivity (Wildman–Crippen MR) is 87.4 cm³/mol. The zero-order valence-corrected chi connectivity index (χ0v) is 14.2. The Morgan fingerprint density at radius 2 is 2.24 bits per heavy atom. The van der Waals surface area contributed by atoms with Crippen LogP contribution in [0.1, 0.15) is 31.7 Å².